The Morgan fingerprint density at radius 3 is 2.21 bits per heavy atom. The molecule has 2 rings (SSSR count). The molecule has 1 aliphatic carbocycles. The molecule has 0 heterocycles. The summed E-state index contributed by atoms with van der Waals surface area (Å²) in [6.45, 7) is 5.88. The van der Waals surface area contributed by atoms with E-state index in [4.69, 9.17) is 5.73 Å². The molecule has 0 unspecified atom stereocenters. The summed E-state index contributed by atoms with van der Waals surface area (Å²) in [6, 6.07) is 3.26. The Morgan fingerprint density at radius 2 is 1.75 bits per heavy atom. The maximum absolute atomic E-state index is 14.2. The first-order valence-corrected chi connectivity index (χ1v) is 8.15. The third-order valence-corrected chi connectivity index (χ3v) is 4.87. The van der Waals surface area contributed by atoms with Crippen LogP contribution in [-0.2, 0) is 10.2 Å². The quantitative estimate of drug-likeness (QED) is 0.860. The molecule has 0 radical (unpaired) electrons. The second-order valence-corrected chi connectivity index (χ2v) is 7.65. The summed E-state index contributed by atoms with van der Waals surface area (Å²) in [5.41, 5.74) is 5.02. The number of carbonyl (C=O) groups excluding carboxylic acids is 1. The van der Waals surface area contributed by atoms with Crippen molar-refractivity contribution in [2.45, 2.75) is 57.9 Å². The van der Waals surface area contributed by atoms with Crippen molar-refractivity contribution < 1.29 is 13.6 Å². The minimum atomic E-state index is -0.678. The number of carbonyl (C=O) groups is 1. The lowest BCUT2D eigenvalue weighted by Crippen LogP contribution is -2.51. The van der Waals surface area contributed by atoms with E-state index in [-0.39, 0.29) is 35.8 Å². The van der Waals surface area contributed by atoms with Crippen LogP contribution in [0, 0.1) is 17.0 Å². The summed E-state index contributed by atoms with van der Waals surface area (Å²) in [7, 11) is 0. The van der Waals surface area contributed by atoms with Crippen molar-refractivity contribution in [1.29, 1.82) is 0 Å². The van der Waals surface area contributed by atoms with Crippen LogP contribution in [0.15, 0.2) is 18.2 Å². The van der Waals surface area contributed by atoms with E-state index in [0.717, 1.165) is 12.8 Å². The lowest BCUT2D eigenvalue weighted by molar-refractivity contribution is -0.124. The predicted molar refractivity (Wildman–Crippen MR) is 94.2 cm³/mol. The first-order chi connectivity index (χ1) is 10.7. The Morgan fingerprint density at radius 1 is 1.25 bits per heavy atom. The number of hydrogen-bond acceptors (Lipinski definition) is 2. The average Bonchev–Trinajstić information content (AvgIpc) is 2.92. The zero-order valence-corrected chi connectivity index (χ0v) is 15.3. The molecular weight excluding hydrogens is 334 g/mol. The number of nitrogens with two attached hydrogens (primary N) is 1. The molecule has 136 valence electrons. The Hall–Kier alpha value is -1.20. The van der Waals surface area contributed by atoms with Crippen LogP contribution in [0.5, 0.6) is 0 Å². The minimum absolute atomic E-state index is 0. The molecule has 24 heavy (non-hydrogen) atoms. The lowest BCUT2D eigenvalue weighted by Gasteiger charge is -2.32. The number of nitrogens with one attached hydrogen (secondary N) is 1. The molecule has 1 aromatic carbocycles. The van der Waals surface area contributed by atoms with Gasteiger partial charge in [0.1, 0.15) is 11.6 Å². The molecular formula is C18H27ClF2N2O. The van der Waals surface area contributed by atoms with Crippen molar-refractivity contribution in [2.75, 3.05) is 6.54 Å². The maximum atomic E-state index is 14.2. The molecule has 1 aliphatic rings. The number of hydrogen-bond donors (Lipinski definition) is 2. The van der Waals surface area contributed by atoms with Crippen molar-refractivity contribution in [2.24, 2.45) is 11.1 Å². The third kappa shape index (κ3) is 4.25. The Labute approximate surface area is 148 Å². The molecule has 3 N–H and O–H groups in total. The van der Waals surface area contributed by atoms with E-state index < -0.39 is 23.1 Å². The first kappa shape index (κ1) is 20.8. The van der Waals surface area contributed by atoms with Gasteiger partial charge in [-0.3, -0.25) is 4.79 Å². The highest BCUT2D eigenvalue weighted by Gasteiger charge is 2.40. The van der Waals surface area contributed by atoms with Crippen LogP contribution in [0.1, 0.15) is 52.0 Å². The van der Waals surface area contributed by atoms with Gasteiger partial charge in [0.15, 0.2) is 0 Å². The summed E-state index contributed by atoms with van der Waals surface area (Å²) in [6.07, 6.45) is 3.12. The van der Waals surface area contributed by atoms with Gasteiger partial charge in [-0.2, -0.15) is 0 Å². The molecule has 1 atom stereocenters. The van der Waals surface area contributed by atoms with Gasteiger partial charge < -0.3 is 11.1 Å². The molecule has 6 heteroatoms. The zero-order valence-electron chi connectivity index (χ0n) is 14.5. The van der Waals surface area contributed by atoms with Crippen molar-refractivity contribution in [1.82, 2.24) is 5.32 Å². The fourth-order valence-electron chi connectivity index (χ4n) is 3.33. The third-order valence-electron chi connectivity index (χ3n) is 4.87. The highest BCUT2D eigenvalue weighted by atomic mass is 35.5. The summed E-state index contributed by atoms with van der Waals surface area (Å²) in [4.78, 5) is 12.3. The van der Waals surface area contributed by atoms with Crippen LogP contribution in [0.25, 0.3) is 0 Å². The monoisotopic (exact) mass is 360 g/mol. The number of rotatable bonds is 4. The number of benzene rings is 1. The van der Waals surface area contributed by atoms with Crippen LogP contribution in [-0.4, -0.2) is 18.5 Å². The van der Waals surface area contributed by atoms with Crippen molar-refractivity contribution in [3.05, 3.63) is 35.4 Å². The average molecular weight is 361 g/mol. The topological polar surface area (TPSA) is 55.1 Å². The highest BCUT2D eigenvalue weighted by molar-refractivity contribution is 5.85. The van der Waals surface area contributed by atoms with Gasteiger partial charge in [-0.25, -0.2) is 8.78 Å². The van der Waals surface area contributed by atoms with Gasteiger partial charge in [0.05, 0.1) is 6.04 Å². The summed E-state index contributed by atoms with van der Waals surface area (Å²) >= 11 is 0. The largest absolute Gasteiger partial charge is 0.354 e. The summed E-state index contributed by atoms with van der Waals surface area (Å²) < 4.78 is 28.5. The van der Waals surface area contributed by atoms with Gasteiger partial charge in [0, 0.05) is 17.5 Å². The van der Waals surface area contributed by atoms with Crippen LogP contribution < -0.4 is 11.1 Å². The van der Waals surface area contributed by atoms with Gasteiger partial charge in [0.25, 0.3) is 0 Å². The SMILES string of the molecule is CC(C)(C)[C@H](N)C(=O)NCC1(c2c(F)cccc2F)CCCC1.Cl. The Bertz CT molecular complexity index is 561. The fraction of sp³-hybridized carbons (Fsp3) is 0.611. The minimum Gasteiger partial charge on any atom is -0.354 e. The first-order valence-electron chi connectivity index (χ1n) is 8.15. The molecule has 1 saturated carbocycles. The van der Waals surface area contributed by atoms with Crippen LogP contribution >= 0.6 is 12.4 Å². The zero-order chi connectivity index (χ0) is 17.3. The maximum Gasteiger partial charge on any atom is 0.237 e. The van der Waals surface area contributed by atoms with E-state index in [0.29, 0.717) is 12.8 Å². The summed E-state index contributed by atoms with van der Waals surface area (Å²) in [5.74, 6) is -1.36. The van der Waals surface area contributed by atoms with E-state index in [1.165, 1.54) is 18.2 Å². The molecule has 1 fully saturated rings. The van der Waals surface area contributed by atoms with Gasteiger partial charge >= 0.3 is 0 Å². The van der Waals surface area contributed by atoms with E-state index in [9.17, 15) is 13.6 Å². The molecule has 0 bridgehead atoms. The van der Waals surface area contributed by atoms with E-state index >= 15 is 0 Å². The fourth-order valence-corrected chi connectivity index (χ4v) is 3.33. The molecule has 0 aromatic heterocycles. The molecule has 1 amide bonds. The van der Waals surface area contributed by atoms with Crippen molar-refractivity contribution in [3.63, 3.8) is 0 Å². The van der Waals surface area contributed by atoms with Gasteiger partial charge in [-0.05, 0) is 30.4 Å². The van der Waals surface area contributed by atoms with E-state index in [1.54, 1.807) is 0 Å². The normalized spacial score (nSPS) is 17.9. The molecule has 0 spiro atoms. The second kappa shape index (κ2) is 7.79. The van der Waals surface area contributed by atoms with E-state index in [2.05, 4.69) is 5.32 Å². The van der Waals surface area contributed by atoms with Crippen LogP contribution in [0.3, 0.4) is 0 Å². The standard InChI is InChI=1S/C18H26F2N2O.ClH/c1-17(2,3)15(21)16(23)22-11-18(9-4-5-10-18)14-12(19)7-6-8-13(14)20;/h6-8,15H,4-5,9-11,21H2,1-3H3,(H,22,23);1H/t15-;/m1./s1. The lowest BCUT2D eigenvalue weighted by atomic mass is 9.77. The smallest absolute Gasteiger partial charge is 0.237 e. The summed E-state index contributed by atoms with van der Waals surface area (Å²) in [5, 5.41) is 2.83. The molecule has 0 aliphatic heterocycles. The molecule has 1 aromatic rings. The van der Waals surface area contributed by atoms with Crippen LogP contribution in [0.4, 0.5) is 8.78 Å². The van der Waals surface area contributed by atoms with Crippen LogP contribution in [0.2, 0.25) is 0 Å². The Balaban J connectivity index is 0.00000288. The molecule has 3 nitrogen and oxygen atoms in total. The second-order valence-electron chi connectivity index (χ2n) is 7.65. The number of halogens is 3. The Kier molecular flexibility index (Phi) is 6.76. The van der Waals surface area contributed by atoms with E-state index in [1.807, 2.05) is 20.8 Å². The molecule has 0 saturated heterocycles. The number of amides is 1. The van der Waals surface area contributed by atoms with Gasteiger partial charge in [-0.1, -0.05) is 39.7 Å². The van der Waals surface area contributed by atoms with Crippen molar-refractivity contribution in [3.8, 4) is 0 Å². The predicted octanol–water partition coefficient (Wildman–Crippen LogP) is 3.69. The van der Waals surface area contributed by atoms with Gasteiger partial charge in [0.2, 0.25) is 5.91 Å². The van der Waals surface area contributed by atoms with Crippen molar-refractivity contribution >= 4 is 18.3 Å². The van der Waals surface area contributed by atoms with Gasteiger partial charge in [-0.15, -0.1) is 12.4 Å². The highest BCUT2D eigenvalue weighted by Crippen LogP contribution is 2.42.